The van der Waals surface area contributed by atoms with Gasteiger partial charge >= 0.3 is 5.97 Å². The second kappa shape index (κ2) is 7.08. The Kier molecular flexibility index (Phi) is 5.16. The highest BCUT2D eigenvalue weighted by Gasteiger charge is 2.26. The van der Waals surface area contributed by atoms with Crippen molar-refractivity contribution < 1.29 is 14.3 Å². The average molecular weight is 306 g/mol. The molecule has 0 bridgehead atoms. The van der Waals surface area contributed by atoms with Crippen molar-refractivity contribution in [3.8, 4) is 5.75 Å². The lowest BCUT2D eigenvalue weighted by Gasteiger charge is -2.19. The van der Waals surface area contributed by atoms with E-state index >= 15 is 0 Å². The molecule has 0 saturated heterocycles. The molecule has 1 unspecified atom stereocenters. The predicted molar refractivity (Wildman–Crippen MR) is 82.8 cm³/mol. The van der Waals surface area contributed by atoms with E-state index in [-0.39, 0.29) is 5.97 Å². The monoisotopic (exact) mass is 306 g/mol. The minimum absolute atomic E-state index is 0.323. The third kappa shape index (κ3) is 3.52. The van der Waals surface area contributed by atoms with Crippen LogP contribution in [0.2, 0.25) is 0 Å². The maximum absolute atomic E-state index is 12.3. The highest BCUT2D eigenvalue weighted by Crippen LogP contribution is 2.31. The molecule has 0 aliphatic rings. The number of benzene rings is 1. The summed E-state index contributed by atoms with van der Waals surface area (Å²) >= 11 is 1.43. The number of carbonyl (C=O) groups excluding carboxylic acids is 1. The second-order valence-electron chi connectivity index (χ2n) is 4.33. The number of thiazole rings is 1. The largest absolute Gasteiger partial charge is 0.495 e. The van der Waals surface area contributed by atoms with E-state index in [1.165, 1.54) is 11.3 Å². The molecule has 0 aliphatic heterocycles. The summed E-state index contributed by atoms with van der Waals surface area (Å²) in [4.78, 5) is 17.3. The van der Waals surface area contributed by atoms with E-state index in [1.54, 1.807) is 19.5 Å². The number of rotatable bonds is 6. The molecule has 0 aliphatic carbocycles. The van der Waals surface area contributed by atoms with Crippen molar-refractivity contribution in [2.24, 2.45) is 0 Å². The van der Waals surface area contributed by atoms with Crippen LogP contribution in [0.5, 0.6) is 5.75 Å². The van der Waals surface area contributed by atoms with Crippen molar-refractivity contribution in [1.82, 2.24) is 4.98 Å². The van der Waals surface area contributed by atoms with E-state index in [9.17, 15) is 4.79 Å². The van der Waals surface area contributed by atoms with Crippen LogP contribution in [0.1, 0.15) is 23.5 Å². The van der Waals surface area contributed by atoms with Crippen LogP contribution in [0.25, 0.3) is 0 Å². The Bertz CT molecular complexity index is 612. The van der Waals surface area contributed by atoms with E-state index in [4.69, 9.17) is 9.47 Å². The molecular formula is C15H18N2O3S. The van der Waals surface area contributed by atoms with Gasteiger partial charge in [-0.15, -0.1) is 11.3 Å². The molecule has 6 heteroatoms. The summed E-state index contributed by atoms with van der Waals surface area (Å²) < 4.78 is 10.5. The number of esters is 1. The zero-order valence-corrected chi connectivity index (χ0v) is 13.1. The Morgan fingerprint density at radius 3 is 2.81 bits per heavy atom. The number of hydrogen-bond donors (Lipinski definition) is 1. The zero-order chi connectivity index (χ0) is 15.2. The van der Waals surface area contributed by atoms with Crippen molar-refractivity contribution in [1.29, 1.82) is 0 Å². The van der Waals surface area contributed by atoms with E-state index in [0.717, 1.165) is 16.3 Å². The first kappa shape index (κ1) is 15.3. The van der Waals surface area contributed by atoms with Gasteiger partial charge in [0, 0.05) is 0 Å². The number of anilines is 1. The van der Waals surface area contributed by atoms with Gasteiger partial charge in [0.15, 0.2) is 6.04 Å². The number of ether oxygens (including phenoxy) is 2. The summed E-state index contributed by atoms with van der Waals surface area (Å²) in [6.45, 7) is 4.00. The van der Waals surface area contributed by atoms with Crippen molar-refractivity contribution in [3.05, 3.63) is 40.3 Å². The van der Waals surface area contributed by atoms with E-state index in [1.807, 2.05) is 31.2 Å². The fourth-order valence-corrected chi connectivity index (χ4v) is 2.80. The fraction of sp³-hybridized carbons (Fsp3) is 0.333. The minimum Gasteiger partial charge on any atom is -0.495 e. The SMILES string of the molecule is CCOC(=O)C(Nc1ccccc1OC)c1scnc1C. The number of para-hydroxylation sites is 2. The molecule has 1 atom stereocenters. The molecule has 1 N–H and O–H groups in total. The lowest BCUT2D eigenvalue weighted by molar-refractivity contribution is -0.144. The molecule has 21 heavy (non-hydrogen) atoms. The summed E-state index contributed by atoms with van der Waals surface area (Å²) in [6, 6.07) is 6.87. The molecule has 5 nitrogen and oxygen atoms in total. The number of carbonyl (C=O) groups is 1. The molecule has 1 aromatic heterocycles. The van der Waals surface area contributed by atoms with Gasteiger partial charge in [0.2, 0.25) is 0 Å². The second-order valence-corrected chi connectivity index (χ2v) is 5.22. The van der Waals surface area contributed by atoms with Gasteiger partial charge in [0.25, 0.3) is 0 Å². The Balaban J connectivity index is 2.32. The van der Waals surface area contributed by atoms with Gasteiger partial charge in [0.05, 0.1) is 35.5 Å². The maximum atomic E-state index is 12.3. The summed E-state index contributed by atoms with van der Waals surface area (Å²) in [5.41, 5.74) is 3.28. The standard InChI is InChI=1S/C15H18N2O3S/c1-4-20-15(18)13(14-10(2)16-9-21-14)17-11-7-5-6-8-12(11)19-3/h5-9,13,17H,4H2,1-3H3. The number of aryl methyl sites for hydroxylation is 1. The molecule has 1 heterocycles. The van der Waals surface area contributed by atoms with Gasteiger partial charge in [-0.2, -0.15) is 0 Å². The number of hydrogen-bond acceptors (Lipinski definition) is 6. The van der Waals surface area contributed by atoms with Crippen LogP contribution in [-0.4, -0.2) is 24.7 Å². The van der Waals surface area contributed by atoms with Crippen LogP contribution in [0.4, 0.5) is 5.69 Å². The zero-order valence-electron chi connectivity index (χ0n) is 12.3. The molecule has 0 saturated carbocycles. The van der Waals surface area contributed by atoms with Crippen LogP contribution >= 0.6 is 11.3 Å². The highest BCUT2D eigenvalue weighted by molar-refractivity contribution is 7.10. The van der Waals surface area contributed by atoms with Crippen molar-refractivity contribution in [3.63, 3.8) is 0 Å². The van der Waals surface area contributed by atoms with Crippen LogP contribution in [-0.2, 0) is 9.53 Å². The van der Waals surface area contributed by atoms with Crippen molar-refractivity contribution in [2.75, 3.05) is 19.0 Å². The predicted octanol–water partition coefficient (Wildman–Crippen LogP) is 3.18. The Morgan fingerprint density at radius 1 is 1.43 bits per heavy atom. The van der Waals surface area contributed by atoms with Crippen molar-refractivity contribution >= 4 is 23.0 Å². The fourth-order valence-electron chi connectivity index (χ4n) is 1.96. The molecular weight excluding hydrogens is 288 g/mol. The van der Waals surface area contributed by atoms with Gasteiger partial charge < -0.3 is 14.8 Å². The Morgan fingerprint density at radius 2 is 2.19 bits per heavy atom. The van der Waals surface area contributed by atoms with Crippen molar-refractivity contribution in [2.45, 2.75) is 19.9 Å². The molecule has 1 aromatic carbocycles. The summed E-state index contributed by atoms with van der Waals surface area (Å²) in [5, 5.41) is 3.20. The normalized spacial score (nSPS) is 11.8. The maximum Gasteiger partial charge on any atom is 0.334 e. The Labute approximate surface area is 127 Å². The Hall–Kier alpha value is -2.08. The van der Waals surface area contributed by atoms with Gasteiger partial charge in [0.1, 0.15) is 5.75 Å². The summed E-state index contributed by atoms with van der Waals surface area (Å²) in [6.07, 6.45) is 0. The van der Waals surface area contributed by atoms with E-state index in [0.29, 0.717) is 12.4 Å². The molecule has 0 amide bonds. The van der Waals surface area contributed by atoms with E-state index in [2.05, 4.69) is 10.3 Å². The highest BCUT2D eigenvalue weighted by atomic mass is 32.1. The van der Waals surface area contributed by atoms with Gasteiger partial charge in [-0.25, -0.2) is 9.78 Å². The molecule has 0 spiro atoms. The third-order valence-electron chi connectivity index (χ3n) is 2.97. The smallest absolute Gasteiger partial charge is 0.334 e. The lowest BCUT2D eigenvalue weighted by Crippen LogP contribution is -2.23. The topological polar surface area (TPSA) is 60.5 Å². The first-order valence-electron chi connectivity index (χ1n) is 6.63. The third-order valence-corrected chi connectivity index (χ3v) is 3.97. The first-order valence-corrected chi connectivity index (χ1v) is 7.51. The molecule has 0 fully saturated rings. The first-order chi connectivity index (χ1) is 10.2. The van der Waals surface area contributed by atoms with Crippen LogP contribution in [0, 0.1) is 6.92 Å². The molecule has 0 radical (unpaired) electrons. The number of methoxy groups -OCH3 is 1. The summed E-state index contributed by atoms with van der Waals surface area (Å²) in [5.74, 6) is 0.352. The van der Waals surface area contributed by atoms with E-state index < -0.39 is 6.04 Å². The average Bonchev–Trinajstić information content (AvgIpc) is 2.91. The van der Waals surface area contributed by atoms with Crippen LogP contribution < -0.4 is 10.1 Å². The number of nitrogens with one attached hydrogen (secondary N) is 1. The molecule has 2 rings (SSSR count). The molecule has 112 valence electrons. The summed E-state index contributed by atoms with van der Waals surface area (Å²) in [7, 11) is 1.60. The lowest BCUT2D eigenvalue weighted by atomic mass is 10.2. The quantitative estimate of drug-likeness (QED) is 0.831. The minimum atomic E-state index is -0.589. The number of nitrogens with zero attached hydrogens (tertiary/aromatic N) is 1. The van der Waals surface area contributed by atoms with Crippen LogP contribution in [0.15, 0.2) is 29.8 Å². The van der Waals surface area contributed by atoms with Gasteiger partial charge in [-0.3, -0.25) is 0 Å². The van der Waals surface area contributed by atoms with Gasteiger partial charge in [-0.1, -0.05) is 12.1 Å². The van der Waals surface area contributed by atoms with Crippen LogP contribution in [0.3, 0.4) is 0 Å². The van der Waals surface area contributed by atoms with Gasteiger partial charge in [-0.05, 0) is 26.0 Å². The number of aromatic nitrogens is 1. The molecule has 2 aromatic rings.